The van der Waals surface area contributed by atoms with Gasteiger partial charge >= 0.3 is 293 Å². The van der Waals surface area contributed by atoms with Crippen LogP contribution in [0, 0.1) is 0 Å². The molecule has 0 bridgehead atoms. The minimum Gasteiger partial charge on any atom is -0.0654 e. The van der Waals surface area contributed by atoms with E-state index in [1.165, 1.54) is 69.2 Å². The van der Waals surface area contributed by atoms with Crippen molar-refractivity contribution in [1.29, 1.82) is 0 Å². The second-order valence-electron chi connectivity index (χ2n) is 14.1. The number of rotatable bonds is 27. The van der Waals surface area contributed by atoms with E-state index >= 15 is 0 Å². The first-order valence-corrected chi connectivity index (χ1v) is 24.0. The van der Waals surface area contributed by atoms with Crippen LogP contribution in [-0.2, 0) is 47.7 Å². The summed E-state index contributed by atoms with van der Waals surface area (Å²) < 4.78 is 78.2. The molecule has 50 heavy (non-hydrogen) atoms. The molecule has 2 unspecified atom stereocenters. The molecular formula is C39H65NO7S2Ti. The summed E-state index contributed by atoms with van der Waals surface area (Å²) in [5.41, 5.74) is 8.43. The summed E-state index contributed by atoms with van der Waals surface area (Å²) in [5, 5.41) is 0. The molecule has 0 amide bonds. The van der Waals surface area contributed by atoms with E-state index in [0.29, 0.717) is 11.3 Å². The number of nitrogens with two attached hydrogens (primary N) is 1. The Morgan fingerprint density at radius 1 is 0.600 bits per heavy atom. The molecule has 2 aromatic rings. The fraction of sp³-hybridized carbons (Fsp3) is 0.692. The number of benzene rings is 2. The molecule has 2 N–H and O–H groups in total. The molecule has 0 aliphatic rings. The van der Waals surface area contributed by atoms with E-state index in [4.69, 9.17) is 11.3 Å². The molecule has 2 atom stereocenters. The van der Waals surface area contributed by atoms with Gasteiger partial charge in [0.25, 0.3) is 0 Å². The van der Waals surface area contributed by atoms with Gasteiger partial charge in [0.05, 0.1) is 0 Å². The number of unbranched alkanes of at least 4 members (excludes halogenated alkanes) is 10. The fourth-order valence-corrected chi connectivity index (χ4v) is 12.2. The van der Waals surface area contributed by atoms with Gasteiger partial charge in [-0.1, -0.05) is 20.3 Å². The first-order valence-electron chi connectivity index (χ1n) is 19.3. The Kier molecular flexibility index (Phi) is 20.8. The van der Waals surface area contributed by atoms with Gasteiger partial charge in [-0.05, 0) is 0 Å². The van der Waals surface area contributed by atoms with Crippen LogP contribution in [0.3, 0.4) is 0 Å². The van der Waals surface area contributed by atoms with Crippen LogP contribution in [0.4, 0.5) is 5.69 Å². The Hall–Kier alpha value is -1.43. The van der Waals surface area contributed by atoms with Crippen LogP contribution in [0.15, 0.2) is 46.2 Å². The Bertz CT molecular complexity index is 1530. The normalized spacial score (nSPS) is 13.5. The Labute approximate surface area is 312 Å². The van der Waals surface area contributed by atoms with Gasteiger partial charge in [0.15, 0.2) is 0 Å². The van der Waals surface area contributed by atoms with E-state index in [1.54, 1.807) is 19.9 Å². The second-order valence-corrected chi connectivity index (χ2v) is 19.5. The van der Waals surface area contributed by atoms with Gasteiger partial charge in [-0.15, -0.1) is 0 Å². The van der Waals surface area contributed by atoms with Crippen molar-refractivity contribution in [2.75, 3.05) is 5.73 Å². The Morgan fingerprint density at radius 2 is 1.10 bits per heavy atom. The average Bonchev–Trinajstić information content (AvgIpc) is 3.05. The van der Waals surface area contributed by atoms with E-state index in [0.717, 1.165) is 81.8 Å². The fourth-order valence-electron chi connectivity index (χ4n) is 7.03. The molecule has 0 spiro atoms. The third-order valence-electron chi connectivity index (χ3n) is 9.58. The third-order valence-corrected chi connectivity index (χ3v) is 15.4. The summed E-state index contributed by atoms with van der Waals surface area (Å²) in [5.74, 6) is -0.0751. The molecule has 0 saturated carbocycles. The van der Waals surface area contributed by atoms with Gasteiger partial charge < -0.3 is 0 Å². The number of hydrogen-bond donors (Lipinski definition) is 1. The van der Waals surface area contributed by atoms with Crippen LogP contribution in [0.2, 0.25) is 0 Å². The number of nitrogen functional groups attached to an aromatic ring is 1. The van der Waals surface area contributed by atoms with Gasteiger partial charge in [-0.25, -0.2) is 0 Å². The van der Waals surface area contributed by atoms with Gasteiger partial charge in [-0.3, -0.25) is 0 Å². The summed E-state index contributed by atoms with van der Waals surface area (Å²) in [4.78, 5) is -0.217. The molecule has 8 nitrogen and oxygen atoms in total. The number of anilines is 1. The van der Waals surface area contributed by atoms with E-state index in [2.05, 4.69) is 33.8 Å². The van der Waals surface area contributed by atoms with Crippen molar-refractivity contribution in [3.05, 3.63) is 53.1 Å². The molecular weight excluding hydrogens is 706 g/mol. The first-order chi connectivity index (χ1) is 23.8. The molecule has 11 heteroatoms. The maximum absolute atomic E-state index is 14.1. The summed E-state index contributed by atoms with van der Waals surface area (Å²) in [6.45, 7) is 12.3. The summed E-state index contributed by atoms with van der Waals surface area (Å²) in [7, 11) is -9.23. The quantitative estimate of drug-likeness (QED) is 0.0540. The van der Waals surface area contributed by atoms with E-state index in [9.17, 15) is 20.2 Å². The van der Waals surface area contributed by atoms with Crippen LogP contribution < -0.4 is 5.73 Å². The predicted molar refractivity (Wildman–Crippen MR) is 200 cm³/mol. The van der Waals surface area contributed by atoms with Crippen LogP contribution >= 0.6 is 0 Å². The molecule has 0 radical (unpaired) electrons. The van der Waals surface area contributed by atoms with Gasteiger partial charge in [-0.2, -0.15) is 0 Å². The Morgan fingerprint density at radius 3 is 1.64 bits per heavy atom. The van der Waals surface area contributed by atoms with Gasteiger partial charge in [0, 0.05) is 0 Å². The van der Waals surface area contributed by atoms with E-state index in [1.807, 2.05) is 0 Å². The molecule has 0 aliphatic heterocycles. The molecule has 2 aromatic carbocycles. The summed E-state index contributed by atoms with van der Waals surface area (Å²) in [6, 6.07) is 9.57. The minimum atomic E-state index is -4.84. The van der Waals surface area contributed by atoms with E-state index < -0.39 is 38.9 Å². The van der Waals surface area contributed by atoms with Crippen molar-refractivity contribution in [1.82, 2.24) is 0 Å². The van der Waals surface area contributed by atoms with Gasteiger partial charge in [0.2, 0.25) is 0 Å². The molecule has 0 aromatic heterocycles. The smallest absolute Gasteiger partial charge is 0.0654 e. The molecule has 0 saturated heterocycles. The molecule has 0 aliphatic carbocycles. The Balaban J connectivity index is 2.51. The molecule has 2 rings (SSSR count). The van der Waals surface area contributed by atoms with Crippen LogP contribution in [0.1, 0.15) is 192 Å². The van der Waals surface area contributed by atoms with Crippen LogP contribution in [0.5, 0.6) is 0 Å². The first kappa shape index (κ1) is 44.7. The molecule has 284 valence electrons. The predicted octanol–water partition coefficient (Wildman–Crippen LogP) is 11.6. The van der Waals surface area contributed by atoms with Gasteiger partial charge in [0.1, 0.15) is 0 Å². The zero-order valence-corrected chi connectivity index (χ0v) is 34.9. The topological polar surface area (TPSA) is 130 Å². The van der Waals surface area contributed by atoms with Crippen molar-refractivity contribution in [3.8, 4) is 0 Å². The van der Waals surface area contributed by atoms with Crippen LogP contribution in [-0.4, -0.2) is 16.8 Å². The maximum atomic E-state index is 14.1. The molecule has 0 heterocycles. The average molecular weight is 772 g/mol. The summed E-state index contributed by atoms with van der Waals surface area (Å²) >= 11 is -4.84. The zero-order chi connectivity index (χ0) is 37.2. The van der Waals surface area contributed by atoms with Crippen molar-refractivity contribution in [2.45, 2.75) is 185 Å². The SMILES string of the molecule is CCCCCCCCC(CCC)c1cccc(S(=O)(=O)[O][Ti](=[O])[O]S(=O)(=O)c2ccc(N)cc2C(C)C)c1C(CCC)CCCCCCCC. The standard InChI is InChI=1S/C30H54O3S.C9H13NO3S.O.Ti/c1-5-9-11-13-15-17-22-26(20-7-3)28-24-19-25-29(34(31,32)33)30(28)27(21-8-4)23-18-16-14-12-10-6-2;1-6(2)8-5-7(10)3-4-9(8)14(11,12)13;;/h19,24-27H,5-18,20-23H2,1-4H3,(H,31,32,33);3-6H,10H2,1-2H3,(H,11,12,13);;/q;;;+2/p-2. The van der Waals surface area contributed by atoms with Crippen molar-refractivity contribution in [2.24, 2.45) is 0 Å². The van der Waals surface area contributed by atoms with Crippen molar-refractivity contribution in [3.63, 3.8) is 0 Å². The van der Waals surface area contributed by atoms with Crippen LogP contribution in [0.25, 0.3) is 0 Å². The second kappa shape index (κ2) is 23.3. The number of hydrogen-bond acceptors (Lipinski definition) is 8. The summed E-state index contributed by atoms with van der Waals surface area (Å²) in [6.07, 6.45) is 19.3. The zero-order valence-electron chi connectivity index (χ0n) is 31.7. The monoisotopic (exact) mass is 771 g/mol. The van der Waals surface area contributed by atoms with Crippen molar-refractivity contribution >= 4 is 25.9 Å². The van der Waals surface area contributed by atoms with Crippen molar-refractivity contribution < 1.29 is 44.3 Å². The van der Waals surface area contributed by atoms with E-state index in [-0.39, 0.29) is 27.5 Å². The minimum absolute atomic E-state index is 0.0133. The third kappa shape index (κ3) is 14.5. The molecule has 0 fully saturated rings.